The van der Waals surface area contributed by atoms with E-state index >= 15 is 0 Å². The number of hydrogen-bond acceptors (Lipinski definition) is 4. The molecule has 0 aromatic carbocycles. The first-order valence-corrected chi connectivity index (χ1v) is 3.82. The van der Waals surface area contributed by atoms with E-state index in [-0.39, 0.29) is 6.79 Å². The van der Waals surface area contributed by atoms with Crippen LogP contribution in [-0.2, 0) is 4.74 Å². The summed E-state index contributed by atoms with van der Waals surface area (Å²) in [5.41, 5.74) is 0.296. The second kappa shape index (κ2) is 4.65. The molecule has 0 spiro atoms. The van der Waals surface area contributed by atoms with E-state index in [4.69, 9.17) is 21.6 Å². The Kier molecular flexibility index (Phi) is 3.50. The van der Waals surface area contributed by atoms with Crippen molar-refractivity contribution in [1.82, 2.24) is 4.98 Å². The van der Waals surface area contributed by atoms with Gasteiger partial charge in [-0.1, -0.05) is 11.6 Å². The summed E-state index contributed by atoms with van der Waals surface area (Å²) < 4.78 is 9.78. The zero-order valence-corrected chi connectivity index (χ0v) is 7.71. The van der Waals surface area contributed by atoms with E-state index in [1.54, 1.807) is 0 Å². The molecule has 0 aliphatic heterocycles. The third-order valence-electron chi connectivity index (χ3n) is 1.29. The van der Waals surface area contributed by atoms with Crippen LogP contribution in [0.25, 0.3) is 0 Å². The van der Waals surface area contributed by atoms with Crippen LogP contribution >= 0.6 is 11.6 Å². The first-order valence-electron chi connectivity index (χ1n) is 3.45. The molecule has 0 aliphatic rings. The predicted octanol–water partition coefficient (Wildman–Crippen LogP) is 1.59. The molecule has 1 heterocycles. The lowest BCUT2D eigenvalue weighted by atomic mass is 10.3. The van der Waals surface area contributed by atoms with Crippen LogP contribution in [0.5, 0.6) is 5.75 Å². The standard InChI is InChI=1S/C8H7ClN2O2/c1-12-5-13-8-6(2-10)3-11-4-7(8)9/h3-4H,5H2,1H3. The molecule has 0 aliphatic carbocycles. The summed E-state index contributed by atoms with van der Waals surface area (Å²) in [6.07, 6.45) is 2.80. The number of nitriles is 1. The highest BCUT2D eigenvalue weighted by molar-refractivity contribution is 6.32. The van der Waals surface area contributed by atoms with Crippen LogP contribution in [0.4, 0.5) is 0 Å². The highest BCUT2D eigenvalue weighted by atomic mass is 35.5. The molecule has 0 N–H and O–H groups in total. The zero-order chi connectivity index (χ0) is 9.68. The highest BCUT2D eigenvalue weighted by Crippen LogP contribution is 2.26. The van der Waals surface area contributed by atoms with Gasteiger partial charge in [-0.3, -0.25) is 4.98 Å². The van der Waals surface area contributed by atoms with Crippen molar-refractivity contribution in [3.05, 3.63) is 23.0 Å². The Morgan fingerprint density at radius 3 is 3.00 bits per heavy atom. The third-order valence-corrected chi connectivity index (χ3v) is 1.56. The van der Waals surface area contributed by atoms with Crippen LogP contribution in [0, 0.1) is 11.3 Å². The van der Waals surface area contributed by atoms with Gasteiger partial charge < -0.3 is 9.47 Å². The van der Waals surface area contributed by atoms with Gasteiger partial charge in [0.25, 0.3) is 0 Å². The van der Waals surface area contributed by atoms with Crippen LogP contribution in [0.3, 0.4) is 0 Å². The molecule has 0 saturated heterocycles. The van der Waals surface area contributed by atoms with Crippen molar-refractivity contribution < 1.29 is 9.47 Å². The minimum Gasteiger partial charge on any atom is -0.464 e. The molecular weight excluding hydrogens is 192 g/mol. The van der Waals surface area contributed by atoms with Crippen LogP contribution < -0.4 is 4.74 Å². The second-order valence-electron chi connectivity index (χ2n) is 2.16. The lowest BCUT2D eigenvalue weighted by molar-refractivity contribution is 0.0509. The molecule has 1 aromatic rings. The van der Waals surface area contributed by atoms with Crippen LogP contribution in [0.1, 0.15) is 5.56 Å². The maximum atomic E-state index is 8.67. The van der Waals surface area contributed by atoms with Crippen molar-refractivity contribution in [1.29, 1.82) is 5.26 Å². The summed E-state index contributed by atoms with van der Waals surface area (Å²) in [5, 5.41) is 8.97. The van der Waals surface area contributed by atoms with E-state index in [9.17, 15) is 0 Å². The van der Waals surface area contributed by atoms with E-state index in [1.807, 2.05) is 6.07 Å². The van der Waals surface area contributed by atoms with Crippen molar-refractivity contribution >= 4 is 11.6 Å². The lowest BCUT2D eigenvalue weighted by Crippen LogP contribution is -2.01. The summed E-state index contributed by atoms with van der Waals surface area (Å²) >= 11 is 5.75. The summed E-state index contributed by atoms with van der Waals surface area (Å²) in [6.45, 7) is 0.0540. The third kappa shape index (κ3) is 2.31. The number of ether oxygens (including phenoxy) is 2. The Morgan fingerprint density at radius 2 is 2.38 bits per heavy atom. The number of aromatic nitrogens is 1. The SMILES string of the molecule is COCOc1c(Cl)cncc1C#N. The molecule has 0 radical (unpaired) electrons. The van der Waals surface area contributed by atoms with Crippen molar-refractivity contribution in [2.24, 2.45) is 0 Å². The van der Waals surface area contributed by atoms with Gasteiger partial charge in [0.1, 0.15) is 16.7 Å². The summed E-state index contributed by atoms with van der Waals surface area (Å²) in [4.78, 5) is 3.75. The lowest BCUT2D eigenvalue weighted by Gasteiger charge is -2.06. The molecule has 0 saturated carbocycles. The highest BCUT2D eigenvalue weighted by Gasteiger charge is 2.07. The van der Waals surface area contributed by atoms with E-state index in [0.29, 0.717) is 16.3 Å². The van der Waals surface area contributed by atoms with Gasteiger partial charge in [-0.2, -0.15) is 5.26 Å². The number of pyridine rings is 1. The fourth-order valence-corrected chi connectivity index (χ4v) is 0.980. The van der Waals surface area contributed by atoms with Crippen molar-refractivity contribution in [3.8, 4) is 11.8 Å². The molecule has 13 heavy (non-hydrogen) atoms. The summed E-state index contributed by atoms with van der Waals surface area (Å²) in [6, 6.07) is 1.92. The number of nitrogens with zero attached hydrogens (tertiary/aromatic N) is 2. The van der Waals surface area contributed by atoms with Crippen molar-refractivity contribution in [2.75, 3.05) is 13.9 Å². The maximum Gasteiger partial charge on any atom is 0.188 e. The van der Waals surface area contributed by atoms with Gasteiger partial charge >= 0.3 is 0 Å². The Labute approximate surface area is 80.7 Å². The number of rotatable bonds is 3. The monoisotopic (exact) mass is 198 g/mol. The van der Waals surface area contributed by atoms with Gasteiger partial charge in [-0.25, -0.2) is 0 Å². The normalized spacial score (nSPS) is 9.31. The fraction of sp³-hybridized carbons (Fsp3) is 0.250. The predicted molar refractivity (Wildman–Crippen MR) is 46.5 cm³/mol. The Morgan fingerprint density at radius 1 is 1.62 bits per heavy atom. The summed E-state index contributed by atoms with van der Waals surface area (Å²) in [5.74, 6) is 0.306. The van der Waals surface area contributed by atoms with Gasteiger partial charge in [0.2, 0.25) is 0 Å². The minimum atomic E-state index is 0.0540. The molecule has 0 bridgehead atoms. The van der Waals surface area contributed by atoms with Gasteiger partial charge in [0.15, 0.2) is 12.5 Å². The van der Waals surface area contributed by atoms with Crippen LogP contribution in [0.2, 0.25) is 5.02 Å². The molecule has 68 valence electrons. The first-order chi connectivity index (χ1) is 6.29. The molecule has 5 heteroatoms. The van der Waals surface area contributed by atoms with E-state index < -0.39 is 0 Å². The molecule has 1 aromatic heterocycles. The van der Waals surface area contributed by atoms with Gasteiger partial charge in [-0.15, -0.1) is 0 Å². The molecule has 0 amide bonds. The van der Waals surface area contributed by atoms with Gasteiger partial charge in [-0.05, 0) is 0 Å². The Bertz CT molecular complexity index is 335. The van der Waals surface area contributed by atoms with Crippen molar-refractivity contribution in [2.45, 2.75) is 0 Å². The topological polar surface area (TPSA) is 55.1 Å². The molecule has 4 nitrogen and oxygen atoms in total. The molecule has 1 rings (SSSR count). The van der Waals surface area contributed by atoms with Gasteiger partial charge in [0.05, 0.1) is 0 Å². The smallest absolute Gasteiger partial charge is 0.188 e. The largest absolute Gasteiger partial charge is 0.464 e. The van der Waals surface area contributed by atoms with E-state index in [0.717, 1.165) is 0 Å². The fourth-order valence-electron chi connectivity index (χ4n) is 0.767. The van der Waals surface area contributed by atoms with Crippen LogP contribution in [-0.4, -0.2) is 18.9 Å². The number of methoxy groups -OCH3 is 1. The maximum absolute atomic E-state index is 8.67. The van der Waals surface area contributed by atoms with E-state index in [2.05, 4.69) is 9.72 Å². The average Bonchev–Trinajstić information content (AvgIpc) is 2.15. The second-order valence-corrected chi connectivity index (χ2v) is 2.57. The average molecular weight is 199 g/mol. The first kappa shape index (κ1) is 9.78. The Balaban J connectivity index is 2.95. The molecule has 0 fully saturated rings. The quantitative estimate of drug-likeness (QED) is 0.693. The number of hydrogen-bond donors (Lipinski definition) is 0. The van der Waals surface area contributed by atoms with E-state index in [1.165, 1.54) is 19.5 Å². The Hall–Kier alpha value is -1.31. The van der Waals surface area contributed by atoms with Gasteiger partial charge in [0, 0.05) is 19.5 Å². The summed E-state index contributed by atoms with van der Waals surface area (Å²) in [7, 11) is 1.49. The molecular formula is C8H7ClN2O2. The zero-order valence-electron chi connectivity index (χ0n) is 6.95. The minimum absolute atomic E-state index is 0.0540. The van der Waals surface area contributed by atoms with Crippen LogP contribution in [0.15, 0.2) is 12.4 Å². The number of halogens is 1. The molecule has 0 atom stereocenters. The van der Waals surface area contributed by atoms with Crippen molar-refractivity contribution in [3.63, 3.8) is 0 Å². The molecule has 0 unspecified atom stereocenters.